The summed E-state index contributed by atoms with van der Waals surface area (Å²) >= 11 is 1.24. The van der Waals surface area contributed by atoms with Crippen molar-refractivity contribution in [3.63, 3.8) is 0 Å². The highest BCUT2D eigenvalue weighted by Gasteiger charge is 2.36. The molecule has 0 bridgehead atoms. The standard InChI is InChI=1S/C18H12F6N2S/c1-27-15-9-25-16(11-4-2-3-5-13(11)18(22,23)24)12-8-10(17(19,20)21)6-7-14(12)26-15/h2-8H,9H2,1H3. The zero-order valence-electron chi connectivity index (χ0n) is 13.8. The van der Waals surface area contributed by atoms with Gasteiger partial charge >= 0.3 is 12.4 Å². The van der Waals surface area contributed by atoms with Crippen molar-refractivity contribution in [3.05, 3.63) is 64.7 Å². The van der Waals surface area contributed by atoms with Crippen molar-refractivity contribution in [3.8, 4) is 0 Å². The molecule has 1 heterocycles. The molecular weight excluding hydrogens is 390 g/mol. The van der Waals surface area contributed by atoms with Gasteiger partial charge in [0.15, 0.2) is 0 Å². The topological polar surface area (TPSA) is 24.7 Å². The van der Waals surface area contributed by atoms with E-state index in [1.54, 1.807) is 6.26 Å². The number of aliphatic imine (C=N–C) groups is 2. The van der Waals surface area contributed by atoms with Crippen molar-refractivity contribution in [2.75, 3.05) is 12.8 Å². The second kappa shape index (κ2) is 7.03. The largest absolute Gasteiger partial charge is 0.417 e. The summed E-state index contributed by atoms with van der Waals surface area (Å²) in [6.45, 7) is -0.0152. The molecule has 3 rings (SSSR count). The second-order valence-corrected chi connectivity index (χ2v) is 6.53. The molecule has 0 saturated heterocycles. The number of alkyl halides is 6. The lowest BCUT2D eigenvalue weighted by atomic mass is 9.94. The van der Waals surface area contributed by atoms with Gasteiger partial charge in [-0.2, -0.15) is 26.3 Å². The molecule has 0 N–H and O–H groups in total. The van der Waals surface area contributed by atoms with Gasteiger partial charge in [0.1, 0.15) is 0 Å². The third kappa shape index (κ3) is 4.02. The van der Waals surface area contributed by atoms with Crippen LogP contribution in [0.3, 0.4) is 0 Å². The predicted molar refractivity (Wildman–Crippen MR) is 94.0 cm³/mol. The Morgan fingerprint density at radius 1 is 0.889 bits per heavy atom. The molecule has 0 radical (unpaired) electrons. The van der Waals surface area contributed by atoms with Crippen LogP contribution in [-0.2, 0) is 12.4 Å². The molecule has 0 amide bonds. The van der Waals surface area contributed by atoms with Gasteiger partial charge in [-0.1, -0.05) is 18.2 Å². The van der Waals surface area contributed by atoms with Gasteiger partial charge in [-0.15, -0.1) is 11.8 Å². The fraction of sp³-hybridized carbons (Fsp3) is 0.222. The van der Waals surface area contributed by atoms with E-state index in [0.717, 1.165) is 24.3 Å². The van der Waals surface area contributed by atoms with Gasteiger partial charge < -0.3 is 0 Å². The van der Waals surface area contributed by atoms with Crippen LogP contribution in [0.15, 0.2) is 52.4 Å². The number of fused-ring (bicyclic) bond motifs is 1. The first-order valence-electron chi connectivity index (χ1n) is 7.65. The monoisotopic (exact) mass is 402 g/mol. The van der Waals surface area contributed by atoms with Gasteiger partial charge in [0.25, 0.3) is 0 Å². The van der Waals surface area contributed by atoms with Crippen molar-refractivity contribution in [1.29, 1.82) is 0 Å². The summed E-state index contributed by atoms with van der Waals surface area (Å²) in [6, 6.07) is 7.52. The van der Waals surface area contributed by atoms with Crippen LogP contribution in [0.2, 0.25) is 0 Å². The van der Waals surface area contributed by atoms with Gasteiger partial charge in [-0.05, 0) is 30.5 Å². The average molecular weight is 402 g/mol. The first-order valence-corrected chi connectivity index (χ1v) is 8.88. The first-order chi connectivity index (χ1) is 12.6. The number of thioether (sulfide) groups is 1. The molecule has 0 saturated carbocycles. The molecule has 0 unspecified atom stereocenters. The highest BCUT2D eigenvalue weighted by atomic mass is 32.2. The molecule has 0 aromatic heterocycles. The van der Waals surface area contributed by atoms with Gasteiger partial charge in [0, 0.05) is 11.1 Å². The molecule has 1 aliphatic rings. The van der Waals surface area contributed by atoms with Crippen LogP contribution in [-0.4, -0.2) is 23.6 Å². The average Bonchev–Trinajstić information content (AvgIpc) is 2.78. The summed E-state index contributed by atoms with van der Waals surface area (Å²) in [5, 5.41) is 0.496. The third-order valence-electron chi connectivity index (χ3n) is 3.92. The summed E-state index contributed by atoms with van der Waals surface area (Å²) in [7, 11) is 0. The molecule has 2 aromatic rings. The molecule has 142 valence electrons. The number of hydrogen-bond donors (Lipinski definition) is 0. The molecule has 0 aliphatic carbocycles. The maximum Gasteiger partial charge on any atom is 0.417 e. The van der Waals surface area contributed by atoms with Gasteiger partial charge in [-0.3, -0.25) is 4.99 Å². The number of halogens is 6. The van der Waals surface area contributed by atoms with Crippen molar-refractivity contribution >= 4 is 28.2 Å². The highest BCUT2D eigenvalue weighted by molar-refractivity contribution is 8.13. The van der Waals surface area contributed by atoms with E-state index in [-0.39, 0.29) is 29.1 Å². The van der Waals surface area contributed by atoms with Gasteiger partial charge in [0.05, 0.1) is 34.1 Å². The zero-order valence-corrected chi connectivity index (χ0v) is 14.6. The molecular formula is C18H12F6N2S. The van der Waals surface area contributed by atoms with Crippen LogP contribution < -0.4 is 0 Å². The summed E-state index contributed by atoms with van der Waals surface area (Å²) in [5.41, 5.74) is -2.29. The third-order valence-corrected chi connectivity index (χ3v) is 4.61. The molecule has 2 nitrogen and oxygen atoms in total. The van der Waals surface area contributed by atoms with Crippen molar-refractivity contribution < 1.29 is 26.3 Å². The quantitative estimate of drug-likeness (QED) is 0.540. The Morgan fingerprint density at radius 2 is 1.59 bits per heavy atom. The smallest absolute Gasteiger partial charge is 0.277 e. The second-order valence-electron chi connectivity index (χ2n) is 5.65. The summed E-state index contributed by atoms with van der Waals surface area (Å²) < 4.78 is 79.7. The fourth-order valence-corrected chi connectivity index (χ4v) is 3.06. The van der Waals surface area contributed by atoms with Crippen molar-refractivity contribution in [2.45, 2.75) is 12.4 Å². The van der Waals surface area contributed by atoms with Crippen LogP contribution in [0, 0.1) is 0 Å². The van der Waals surface area contributed by atoms with Crippen LogP contribution in [0.25, 0.3) is 0 Å². The maximum atomic E-state index is 13.4. The first kappa shape index (κ1) is 19.5. The SMILES string of the molecule is CSC1=Nc2ccc(C(F)(F)F)cc2C(c2ccccc2C(F)(F)F)=NC1. The predicted octanol–water partition coefficient (Wildman–Crippen LogP) is 5.97. The van der Waals surface area contributed by atoms with E-state index in [9.17, 15) is 26.3 Å². The Hall–Kier alpha value is -2.29. The highest BCUT2D eigenvalue weighted by Crippen LogP contribution is 2.38. The molecule has 9 heteroatoms. The minimum atomic E-state index is -4.67. The zero-order chi connectivity index (χ0) is 19.8. The normalized spacial score (nSPS) is 14.9. The van der Waals surface area contributed by atoms with Crippen LogP contribution in [0.4, 0.5) is 32.0 Å². The van der Waals surface area contributed by atoms with E-state index in [1.165, 1.54) is 30.0 Å². The fourth-order valence-electron chi connectivity index (χ4n) is 2.68. The maximum absolute atomic E-state index is 13.4. The number of benzene rings is 2. The van der Waals surface area contributed by atoms with E-state index >= 15 is 0 Å². The van der Waals surface area contributed by atoms with Crippen LogP contribution in [0.5, 0.6) is 0 Å². The van der Waals surface area contributed by atoms with Crippen molar-refractivity contribution in [1.82, 2.24) is 0 Å². The Kier molecular flexibility index (Phi) is 5.07. The van der Waals surface area contributed by atoms with Gasteiger partial charge in [0.2, 0.25) is 0 Å². The lowest BCUT2D eigenvalue weighted by Gasteiger charge is -2.16. The van der Waals surface area contributed by atoms with E-state index in [0.29, 0.717) is 5.04 Å². The molecule has 2 aromatic carbocycles. The summed E-state index contributed by atoms with van der Waals surface area (Å²) in [6.07, 6.45) is -7.59. The van der Waals surface area contributed by atoms with E-state index in [1.807, 2.05) is 0 Å². The molecule has 27 heavy (non-hydrogen) atoms. The number of rotatable bonds is 1. The van der Waals surface area contributed by atoms with E-state index in [2.05, 4.69) is 9.98 Å². The Bertz CT molecular complexity index is 928. The minimum Gasteiger partial charge on any atom is -0.277 e. The Labute approximate surface area is 155 Å². The number of hydrogen-bond acceptors (Lipinski definition) is 3. The molecule has 0 atom stereocenters. The van der Waals surface area contributed by atoms with E-state index < -0.39 is 23.5 Å². The Morgan fingerprint density at radius 3 is 2.22 bits per heavy atom. The lowest BCUT2D eigenvalue weighted by Crippen LogP contribution is -2.16. The molecule has 0 spiro atoms. The van der Waals surface area contributed by atoms with E-state index in [4.69, 9.17) is 0 Å². The summed E-state index contributed by atoms with van der Waals surface area (Å²) in [4.78, 5) is 8.45. The minimum absolute atomic E-state index is 0.0152. The Balaban J connectivity index is 2.27. The molecule has 0 fully saturated rings. The van der Waals surface area contributed by atoms with Crippen LogP contribution >= 0.6 is 11.8 Å². The van der Waals surface area contributed by atoms with Gasteiger partial charge in [-0.25, -0.2) is 4.99 Å². The van der Waals surface area contributed by atoms with Crippen LogP contribution in [0.1, 0.15) is 22.3 Å². The lowest BCUT2D eigenvalue weighted by molar-refractivity contribution is -0.138. The summed E-state index contributed by atoms with van der Waals surface area (Å²) in [5.74, 6) is 0. The molecule has 1 aliphatic heterocycles. The number of nitrogens with zero attached hydrogens (tertiary/aromatic N) is 2. The van der Waals surface area contributed by atoms with Crippen molar-refractivity contribution in [2.24, 2.45) is 9.98 Å².